The quantitative estimate of drug-likeness (QED) is 0.276. The number of likely N-dealkylation sites (N-methyl/N-ethyl adjacent to an activating group) is 1. The summed E-state index contributed by atoms with van der Waals surface area (Å²) in [7, 11) is 3.96. The van der Waals surface area contributed by atoms with E-state index in [0.29, 0.717) is 6.04 Å². The lowest BCUT2D eigenvalue weighted by atomic mass is 10.0. The second kappa shape index (κ2) is 14.2. The van der Waals surface area contributed by atoms with Gasteiger partial charge in [-0.2, -0.15) is 0 Å². The molecule has 3 rings (SSSR count). The van der Waals surface area contributed by atoms with E-state index in [9.17, 15) is 0 Å². The van der Waals surface area contributed by atoms with Crippen LogP contribution in [0, 0.1) is 0 Å². The van der Waals surface area contributed by atoms with E-state index >= 15 is 0 Å². The van der Waals surface area contributed by atoms with Crippen LogP contribution in [0.15, 0.2) is 29.3 Å². The van der Waals surface area contributed by atoms with E-state index in [2.05, 4.69) is 64.4 Å². The Morgan fingerprint density at radius 1 is 1.03 bits per heavy atom. The number of hydrogen-bond acceptors (Lipinski definition) is 5. The van der Waals surface area contributed by atoms with Gasteiger partial charge in [0.05, 0.1) is 19.7 Å². The Hall–Kier alpha value is -1.10. The van der Waals surface area contributed by atoms with Gasteiger partial charge in [-0.1, -0.05) is 18.2 Å². The Balaban J connectivity index is 0.00000363. The lowest BCUT2D eigenvalue weighted by molar-refractivity contribution is 0.122. The molecule has 0 radical (unpaired) electrons. The van der Waals surface area contributed by atoms with E-state index in [0.717, 1.165) is 70.6 Å². The van der Waals surface area contributed by atoms with Crippen LogP contribution >= 0.6 is 24.0 Å². The van der Waals surface area contributed by atoms with Crippen molar-refractivity contribution in [3.63, 3.8) is 0 Å². The van der Waals surface area contributed by atoms with Crippen LogP contribution in [0.2, 0.25) is 0 Å². The average Bonchev–Trinajstić information content (AvgIpc) is 3.32. The molecule has 0 aromatic heterocycles. The minimum Gasteiger partial charge on any atom is -0.496 e. The topological polar surface area (TPSA) is 55.4 Å². The number of methoxy groups -OCH3 is 1. The van der Waals surface area contributed by atoms with Gasteiger partial charge in [0.2, 0.25) is 0 Å². The molecular weight excluding hydrogens is 515 g/mol. The van der Waals surface area contributed by atoms with Crippen LogP contribution in [0.3, 0.4) is 0 Å². The van der Waals surface area contributed by atoms with Crippen molar-refractivity contribution in [2.45, 2.75) is 38.8 Å². The molecular formula is C24H43IN6O. The molecule has 2 aliphatic rings. The first-order valence-electron chi connectivity index (χ1n) is 11.9. The van der Waals surface area contributed by atoms with E-state index < -0.39 is 0 Å². The highest BCUT2D eigenvalue weighted by Crippen LogP contribution is 2.31. The molecule has 2 aliphatic heterocycles. The predicted molar refractivity (Wildman–Crippen MR) is 144 cm³/mol. The summed E-state index contributed by atoms with van der Waals surface area (Å²) in [6.07, 6.45) is 2.53. The van der Waals surface area contributed by atoms with Crippen LogP contribution in [0.25, 0.3) is 0 Å². The summed E-state index contributed by atoms with van der Waals surface area (Å²) in [5, 5.41) is 7.06. The summed E-state index contributed by atoms with van der Waals surface area (Å²) in [5.74, 6) is 1.87. The Kier molecular flexibility index (Phi) is 12.1. The fraction of sp³-hybridized carbons (Fsp3) is 0.708. The summed E-state index contributed by atoms with van der Waals surface area (Å²) < 4.78 is 5.68. The molecule has 2 atom stereocenters. The number of rotatable bonds is 9. The summed E-state index contributed by atoms with van der Waals surface area (Å²) in [5.41, 5.74) is 1.25. The Labute approximate surface area is 212 Å². The number of nitrogens with one attached hydrogen (secondary N) is 2. The number of halogens is 1. The molecule has 2 unspecified atom stereocenters. The van der Waals surface area contributed by atoms with E-state index in [1.807, 2.05) is 6.07 Å². The van der Waals surface area contributed by atoms with Crippen LogP contribution in [0.4, 0.5) is 0 Å². The zero-order valence-electron chi connectivity index (χ0n) is 20.3. The minimum absolute atomic E-state index is 0. The zero-order chi connectivity index (χ0) is 22.1. The number of aliphatic imine (C=N–C) groups is 1. The highest BCUT2D eigenvalue weighted by molar-refractivity contribution is 14.0. The Bertz CT molecular complexity index is 689. The van der Waals surface area contributed by atoms with Gasteiger partial charge in [0.1, 0.15) is 5.75 Å². The lowest BCUT2D eigenvalue weighted by Gasteiger charge is -2.36. The minimum atomic E-state index is 0. The molecule has 7 nitrogen and oxygen atoms in total. The van der Waals surface area contributed by atoms with Gasteiger partial charge >= 0.3 is 0 Å². The molecule has 0 bridgehead atoms. The maximum atomic E-state index is 5.68. The average molecular weight is 559 g/mol. The van der Waals surface area contributed by atoms with Gasteiger partial charge in [0, 0.05) is 50.9 Å². The highest BCUT2D eigenvalue weighted by atomic mass is 127. The third-order valence-electron chi connectivity index (χ3n) is 6.56. The second-order valence-electron chi connectivity index (χ2n) is 8.79. The van der Waals surface area contributed by atoms with Crippen molar-refractivity contribution in [3.8, 4) is 5.75 Å². The molecule has 0 spiro atoms. The molecule has 1 aromatic rings. The van der Waals surface area contributed by atoms with Gasteiger partial charge in [-0.3, -0.25) is 14.8 Å². The molecule has 32 heavy (non-hydrogen) atoms. The number of piperazine rings is 1. The monoisotopic (exact) mass is 558 g/mol. The van der Waals surface area contributed by atoms with Gasteiger partial charge in [0.15, 0.2) is 5.96 Å². The van der Waals surface area contributed by atoms with Crippen LogP contribution in [-0.4, -0.2) is 99.8 Å². The van der Waals surface area contributed by atoms with Crippen molar-refractivity contribution >= 4 is 29.9 Å². The van der Waals surface area contributed by atoms with Gasteiger partial charge in [-0.15, -0.1) is 24.0 Å². The molecule has 2 fully saturated rings. The maximum absolute atomic E-state index is 5.68. The van der Waals surface area contributed by atoms with Crippen LogP contribution in [0.1, 0.15) is 38.3 Å². The fourth-order valence-corrected chi connectivity index (χ4v) is 4.57. The molecule has 0 amide bonds. The molecule has 2 saturated heterocycles. The van der Waals surface area contributed by atoms with Gasteiger partial charge in [0.25, 0.3) is 0 Å². The zero-order valence-corrected chi connectivity index (χ0v) is 22.7. The van der Waals surface area contributed by atoms with E-state index in [-0.39, 0.29) is 30.0 Å². The van der Waals surface area contributed by atoms with Crippen molar-refractivity contribution in [2.24, 2.45) is 4.99 Å². The highest BCUT2D eigenvalue weighted by Gasteiger charge is 2.26. The van der Waals surface area contributed by atoms with E-state index in [4.69, 9.17) is 9.73 Å². The van der Waals surface area contributed by atoms with Crippen molar-refractivity contribution in [1.82, 2.24) is 25.3 Å². The van der Waals surface area contributed by atoms with Gasteiger partial charge in [-0.05, 0) is 52.9 Å². The number of benzene rings is 1. The van der Waals surface area contributed by atoms with Crippen molar-refractivity contribution in [1.29, 1.82) is 0 Å². The number of para-hydroxylation sites is 1. The third kappa shape index (κ3) is 7.74. The SMILES string of the molecule is CCNC(=NCC(C)N1CCN(C)CC1)NCC(c1ccccc1OC)N1CCCC1.I. The smallest absolute Gasteiger partial charge is 0.191 e. The first-order valence-corrected chi connectivity index (χ1v) is 11.9. The van der Waals surface area contributed by atoms with Gasteiger partial charge in [-0.25, -0.2) is 0 Å². The molecule has 2 heterocycles. The van der Waals surface area contributed by atoms with E-state index in [1.54, 1.807) is 7.11 Å². The van der Waals surface area contributed by atoms with E-state index in [1.165, 1.54) is 18.4 Å². The number of likely N-dealkylation sites (tertiary alicyclic amines) is 1. The summed E-state index contributed by atoms with van der Waals surface area (Å²) >= 11 is 0. The predicted octanol–water partition coefficient (Wildman–Crippen LogP) is 2.64. The Morgan fingerprint density at radius 3 is 2.38 bits per heavy atom. The number of ether oxygens (including phenoxy) is 1. The molecule has 0 aliphatic carbocycles. The van der Waals surface area contributed by atoms with Crippen molar-refractivity contribution in [3.05, 3.63) is 29.8 Å². The Morgan fingerprint density at radius 2 is 1.72 bits per heavy atom. The third-order valence-corrected chi connectivity index (χ3v) is 6.56. The maximum Gasteiger partial charge on any atom is 0.191 e. The largest absolute Gasteiger partial charge is 0.496 e. The van der Waals surface area contributed by atoms with Crippen LogP contribution in [-0.2, 0) is 0 Å². The molecule has 1 aromatic carbocycles. The standard InChI is InChI=1S/C24H42N6O.HI/c1-5-25-24(26-18-20(2)29-16-14-28(3)15-17-29)27-19-22(30-12-8-9-13-30)21-10-6-7-11-23(21)31-4;/h6-7,10-11,20,22H,5,8-9,12-19H2,1-4H3,(H2,25,26,27);1H. The number of guanidine groups is 1. The van der Waals surface area contributed by atoms with Crippen molar-refractivity contribution < 1.29 is 4.74 Å². The molecule has 2 N–H and O–H groups in total. The molecule has 182 valence electrons. The first kappa shape index (κ1) is 27.1. The second-order valence-corrected chi connectivity index (χ2v) is 8.79. The fourth-order valence-electron chi connectivity index (χ4n) is 4.57. The first-order chi connectivity index (χ1) is 15.1. The van der Waals surface area contributed by atoms with Gasteiger partial charge < -0.3 is 20.3 Å². The number of nitrogens with zero attached hydrogens (tertiary/aromatic N) is 4. The summed E-state index contributed by atoms with van der Waals surface area (Å²) in [4.78, 5) is 12.5. The molecule has 0 saturated carbocycles. The summed E-state index contributed by atoms with van der Waals surface area (Å²) in [6.45, 7) is 13.7. The van der Waals surface area contributed by atoms with Crippen LogP contribution in [0.5, 0.6) is 5.75 Å². The summed E-state index contributed by atoms with van der Waals surface area (Å²) in [6, 6.07) is 9.14. The number of hydrogen-bond donors (Lipinski definition) is 2. The molecule has 8 heteroatoms. The van der Waals surface area contributed by atoms with Crippen LogP contribution < -0.4 is 15.4 Å². The lowest BCUT2D eigenvalue weighted by Crippen LogP contribution is -2.49. The van der Waals surface area contributed by atoms with Crippen molar-refractivity contribution in [2.75, 3.05) is 73.1 Å². The normalized spacial score (nSPS) is 20.4.